The van der Waals surface area contributed by atoms with Gasteiger partial charge in [0.05, 0.1) is 38.8 Å². The van der Waals surface area contributed by atoms with Crippen molar-refractivity contribution in [2.45, 2.75) is 0 Å². The summed E-state index contributed by atoms with van der Waals surface area (Å²) in [6.45, 7) is 0. The van der Waals surface area contributed by atoms with Crippen LogP contribution in [-0.4, -0.2) is 58.6 Å². The number of aromatic nitrogens is 12. The van der Waals surface area contributed by atoms with Gasteiger partial charge in [-0.25, -0.2) is 34.9 Å². The van der Waals surface area contributed by atoms with Crippen LogP contribution < -0.4 is 0 Å². The maximum atomic E-state index is 6.71. The van der Waals surface area contributed by atoms with Gasteiger partial charge in [-0.15, -0.1) is 0 Å². The lowest BCUT2D eigenvalue weighted by molar-refractivity contribution is 0.666. The van der Waals surface area contributed by atoms with Crippen molar-refractivity contribution in [3.8, 4) is 131 Å². The molecule has 14 nitrogen and oxygen atoms in total. The first-order valence-corrected chi connectivity index (χ1v) is 43.7. The fraction of sp³-hybridized carbons (Fsp3) is 0. The maximum Gasteiger partial charge on any atom is 0.238 e. The molecule has 0 N–H and O–H groups in total. The van der Waals surface area contributed by atoms with Crippen molar-refractivity contribution < 1.29 is 8.83 Å². The molecule has 18 aromatic carbocycles. The number of benzene rings is 18. The monoisotopic (exact) mass is 1680 g/mol. The molecule has 0 radical (unpaired) electrons. The van der Waals surface area contributed by atoms with Crippen LogP contribution in [0.2, 0.25) is 0 Å². The molecule has 0 aliphatic heterocycles. The molecule has 0 amide bonds. The lowest BCUT2D eigenvalue weighted by Gasteiger charge is -2.13. The Morgan fingerprint density at radius 1 is 0.176 bits per heavy atom. The number of nitrogens with zero attached hydrogens (tertiary/aromatic N) is 12. The Hall–Kier alpha value is -18.0. The molecule has 0 bridgehead atoms. The van der Waals surface area contributed by atoms with E-state index in [1.165, 1.54) is 21.5 Å². The van der Waals surface area contributed by atoms with Crippen molar-refractivity contribution in [1.82, 2.24) is 58.6 Å². The number of hydrogen-bond acceptors (Lipinski definition) is 11. The summed E-state index contributed by atoms with van der Waals surface area (Å²) < 4.78 is 20.3. The minimum absolute atomic E-state index is 0.585. The van der Waals surface area contributed by atoms with Crippen LogP contribution in [0.25, 0.3) is 240 Å². The van der Waals surface area contributed by atoms with Crippen LogP contribution in [0.1, 0.15) is 0 Å². The Balaban J connectivity index is 0.000000109. The molecular formula is C117H74N12O2. The molecular weight excluding hydrogens is 1610 g/mol. The summed E-state index contributed by atoms with van der Waals surface area (Å²) in [6.07, 6.45) is 0. The summed E-state index contributed by atoms with van der Waals surface area (Å²) in [5.41, 5.74) is 23.8. The second kappa shape index (κ2) is 32.8. The molecule has 26 aromatic rings. The van der Waals surface area contributed by atoms with Crippen LogP contribution >= 0.6 is 0 Å². The first-order valence-electron chi connectivity index (χ1n) is 43.7. The van der Waals surface area contributed by atoms with Crippen molar-refractivity contribution in [2.75, 3.05) is 0 Å². The van der Waals surface area contributed by atoms with Crippen molar-refractivity contribution in [3.63, 3.8) is 0 Å². The van der Waals surface area contributed by atoms with Crippen molar-refractivity contribution in [1.29, 1.82) is 0 Å². The molecule has 0 unspecified atom stereocenters. The molecule has 8 aromatic heterocycles. The Bertz CT molecular complexity index is 8590. The van der Waals surface area contributed by atoms with Crippen LogP contribution in [0.4, 0.5) is 0 Å². The van der Waals surface area contributed by atoms with E-state index in [2.05, 4.69) is 238 Å². The molecule has 0 aliphatic rings. The van der Waals surface area contributed by atoms with Gasteiger partial charge in [0, 0.05) is 110 Å². The fourth-order valence-electron chi connectivity index (χ4n) is 18.4. The van der Waals surface area contributed by atoms with Crippen LogP contribution in [0.5, 0.6) is 0 Å². The highest BCUT2D eigenvalue weighted by atomic mass is 16.3. The van der Waals surface area contributed by atoms with Gasteiger partial charge in [-0.05, 0) is 89.5 Å². The third-order valence-corrected chi connectivity index (χ3v) is 24.4. The van der Waals surface area contributed by atoms with E-state index >= 15 is 0 Å². The SMILES string of the molecule is c1ccc(-c2cc(-c3ccccc3)c3oc4cccc(-c5nc(-c6ccccc6)nc(-c6ccccc6)n5)c4c3c2)cc1.c1ccc(-c2nc(-c3ccccc3)nc(-c3ccc(-n4c5ccccc5c5ccccc54)c4oc5ccccc5c34)n2)cc1.c1ccc(-c2nc(-c3ccccc3)nc(-n3c4ccccc4c4ccc5c6ccccc6n(-c6ccccc6)c5c43)n2)cc1. The van der Waals surface area contributed by atoms with Gasteiger partial charge in [-0.3, -0.25) is 4.57 Å². The topological polar surface area (TPSA) is 157 Å². The van der Waals surface area contributed by atoms with Crippen molar-refractivity contribution in [2.24, 2.45) is 0 Å². The average molecular weight is 1680 g/mol. The fourth-order valence-corrected chi connectivity index (χ4v) is 18.4. The Morgan fingerprint density at radius 2 is 0.504 bits per heavy atom. The van der Waals surface area contributed by atoms with Gasteiger partial charge in [0.2, 0.25) is 5.95 Å². The lowest BCUT2D eigenvalue weighted by Crippen LogP contribution is -2.07. The number of fused-ring (bicyclic) bond motifs is 16. The zero-order valence-corrected chi connectivity index (χ0v) is 70.4. The van der Waals surface area contributed by atoms with E-state index < -0.39 is 0 Å². The molecule has 0 saturated heterocycles. The van der Waals surface area contributed by atoms with Gasteiger partial charge in [-0.1, -0.05) is 376 Å². The zero-order valence-electron chi connectivity index (χ0n) is 70.4. The standard InChI is InChI=1S/C39H25N5.C39H24N4O.C39H25N3O/c1-4-14-26(15-5-1)37-40-38(27-16-6-2-7-17-27)42-39(41-37)44-34-23-13-11-21-30(34)32-25-24-31-29-20-10-12-22-33(29)43(35(31)36(32)44)28-18-8-3-9-19-28;1-3-13-25(14-4-1)37-40-38(26-15-5-2-6-16-26)42-39(41-37)30-23-24-33(36-35(30)29-19-9-12-22-34(29)44-36)43-31-20-10-7-17-27(31)28-18-8-11-21-32(28)43;1-5-14-26(15-6-1)30-24-32(27-16-7-2-8-17-27)36-33(25-30)35-31(22-13-23-34(35)43-36)39-41-37(28-18-9-3-10-19-28)40-38(42-39)29-20-11-4-12-21-29/h1-25H;1-24H;1-25H. The summed E-state index contributed by atoms with van der Waals surface area (Å²) >= 11 is 0. The lowest BCUT2D eigenvalue weighted by atomic mass is 9.95. The van der Waals surface area contributed by atoms with Gasteiger partial charge in [0.25, 0.3) is 0 Å². The molecule has 14 heteroatoms. The van der Waals surface area contributed by atoms with Crippen LogP contribution in [0.15, 0.2) is 458 Å². The quantitative estimate of drug-likeness (QED) is 0.108. The smallest absolute Gasteiger partial charge is 0.238 e. The summed E-state index contributed by atoms with van der Waals surface area (Å²) in [5, 5.41) is 11.1. The highest BCUT2D eigenvalue weighted by Crippen LogP contribution is 2.47. The molecule has 26 rings (SSSR count). The average Bonchev–Trinajstić information content (AvgIpc) is 1.56. The van der Waals surface area contributed by atoms with E-state index in [1.807, 2.05) is 224 Å². The molecule has 131 heavy (non-hydrogen) atoms. The van der Waals surface area contributed by atoms with E-state index in [-0.39, 0.29) is 0 Å². The number of rotatable bonds is 13. The number of hydrogen-bond donors (Lipinski definition) is 0. The molecule has 614 valence electrons. The van der Waals surface area contributed by atoms with Gasteiger partial charge in [-0.2, -0.15) is 9.97 Å². The molecule has 0 aliphatic carbocycles. The first kappa shape index (κ1) is 76.6. The Morgan fingerprint density at radius 3 is 0.954 bits per heavy atom. The first-order chi connectivity index (χ1) is 65.0. The summed E-state index contributed by atoms with van der Waals surface area (Å²) in [5.74, 6) is 5.57. The molecule has 8 heterocycles. The highest BCUT2D eigenvalue weighted by molar-refractivity contribution is 6.24. The van der Waals surface area contributed by atoms with Gasteiger partial charge in [0.15, 0.2) is 52.2 Å². The summed E-state index contributed by atoms with van der Waals surface area (Å²) in [4.78, 5) is 45.3. The molecule has 0 atom stereocenters. The van der Waals surface area contributed by atoms with E-state index in [9.17, 15) is 0 Å². The summed E-state index contributed by atoms with van der Waals surface area (Å²) in [6, 6.07) is 154. The normalized spacial score (nSPS) is 11.5. The van der Waals surface area contributed by atoms with Gasteiger partial charge in [0.1, 0.15) is 16.7 Å². The third-order valence-electron chi connectivity index (χ3n) is 24.4. The Labute approximate surface area is 751 Å². The summed E-state index contributed by atoms with van der Waals surface area (Å²) in [7, 11) is 0. The second-order valence-electron chi connectivity index (χ2n) is 32.2. The van der Waals surface area contributed by atoms with E-state index in [0.717, 1.165) is 166 Å². The predicted octanol–water partition coefficient (Wildman–Crippen LogP) is 29.4. The van der Waals surface area contributed by atoms with E-state index in [0.29, 0.717) is 52.5 Å². The van der Waals surface area contributed by atoms with Crippen molar-refractivity contribution in [3.05, 3.63) is 449 Å². The number of furan rings is 2. The molecule has 0 fully saturated rings. The third kappa shape index (κ3) is 13.8. The second-order valence-corrected chi connectivity index (χ2v) is 32.2. The van der Waals surface area contributed by atoms with Crippen LogP contribution in [-0.2, 0) is 0 Å². The van der Waals surface area contributed by atoms with Crippen molar-refractivity contribution >= 4 is 109 Å². The van der Waals surface area contributed by atoms with Gasteiger partial charge >= 0.3 is 0 Å². The van der Waals surface area contributed by atoms with E-state index in [1.54, 1.807) is 0 Å². The van der Waals surface area contributed by atoms with Crippen LogP contribution in [0, 0.1) is 0 Å². The van der Waals surface area contributed by atoms with Crippen LogP contribution in [0.3, 0.4) is 0 Å². The number of para-hydroxylation sites is 6. The molecule has 0 saturated carbocycles. The zero-order chi connectivity index (χ0) is 86.7. The highest BCUT2D eigenvalue weighted by Gasteiger charge is 2.28. The minimum atomic E-state index is 0.585. The largest absolute Gasteiger partial charge is 0.455 e. The minimum Gasteiger partial charge on any atom is -0.455 e. The predicted molar refractivity (Wildman–Crippen MR) is 531 cm³/mol. The molecule has 0 spiro atoms. The van der Waals surface area contributed by atoms with E-state index in [4.69, 9.17) is 53.7 Å². The van der Waals surface area contributed by atoms with Gasteiger partial charge < -0.3 is 18.0 Å². The maximum absolute atomic E-state index is 6.71. The Kier molecular flexibility index (Phi) is 19.2.